The van der Waals surface area contributed by atoms with Crippen LogP contribution in [0.5, 0.6) is 5.88 Å². The van der Waals surface area contributed by atoms with Crippen molar-refractivity contribution >= 4 is 15.9 Å². The van der Waals surface area contributed by atoms with E-state index >= 15 is 0 Å². The third-order valence-corrected chi connectivity index (χ3v) is 2.81. The molecule has 0 spiro atoms. The summed E-state index contributed by atoms with van der Waals surface area (Å²) >= 11 is 3.34. The average molecular weight is 231 g/mol. The summed E-state index contributed by atoms with van der Waals surface area (Å²) in [5, 5.41) is 6.64. The van der Waals surface area contributed by atoms with Crippen LogP contribution in [0.15, 0.2) is 10.7 Å². The second-order valence-electron chi connectivity index (χ2n) is 3.15. The fraction of sp³-hybridized carbons (Fsp3) is 0.625. The molecule has 1 heterocycles. The summed E-state index contributed by atoms with van der Waals surface area (Å²) in [5.41, 5.74) is 0. The summed E-state index contributed by atoms with van der Waals surface area (Å²) in [5.74, 6) is 1.52. The van der Waals surface area contributed by atoms with Crippen molar-refractivity contribution in [3.05, 3.63) is 10.7 Å². The zero-order valence-electron chi connectivity index (χ0n) is 6.72. The molecule has 1 saturated carbocycles. The van der Waals surface area contributed by atoms with Gasteiger partial charge in [0.15, 0.2) is 0 Å². The molecule has 0 aliphatic heterocycles. The molecule has 2 rings (SSSR count). The molecule has 12 heavy (non-hydrogen) atoms. The number of halogens is 1. The van der Waals surface area contributed by atoms with Gasteiger partial charge in [0.1, 0.15) is 0 Å². The zero-order valence-corrected chi connectivity index (χ0v) is 8.30. The number of aromatic nitrogens is 2. The molecule has 0 saturated heterocycles. The van der Waals surface area contributed by atoms with Crippen molar-refractivity contribution in [1.29, 1.82) is 0 Å². The molecule has 4 heteroatoms. The second-order valence-corrected chi connectivity index (χ2v) is 4.01. The van der Waals surface area contributed by atoms with Gasteiger partial charge in [-0.25, -0.2) is 5.10 Å². The van der Waals surface area contributed by atoms with Crippen LogP contribution in [0.1, 0.15) is 19.3 Å². The van der Waals surface area contributed by atoms with Crippen LogP contribution in [0.25, 0.3) is 0 Å². The Morgan fingerprint density at radius 1 is 1.67 bits per heavy atom. The fourth-order valence-electron chi connectivity index (χ4n) is 1.22. The summed E-state index contributed by atoms with van der Waals surface area (Å²) in [6.07, 6.45) is 5.69. The smallest absolute Gasteiger partial charge is 0.223 e. The number of hydrogen-bond donors (Lipinski definition) is 1. The lowest BCUT2D eigenvalue weighted by Crippen LogP contribution is -2.19. The third-order valence-electron chi connectivity index (χ3n) is 2.25. The first-order valence-electron chi connectivity index (χ1n) is 4.18. The minimum Gasteiger partial charge on any atom is -0.477 e. The van der Waals surface area contributed by atoms with Gasteiger partial charge in [-0.1, -0.05) is 6.42 Å². The largest absolute Gasteiger partial charge is 0.477 e. The van der Waals surface area contributed by atoms with Crippen molar-refractivity contribution < 1.29 is 4.74 Å². The van der Waals surface area contributed by atoms with Crippen LogP contribution in [0.2, 0.25) is 0 Å². The molecular weight excluding hydrogens is 220 g/mol. The number of nitrogens with zero attached hydrogens (tertiary/aromatic N) is 1. The van der Waals surface area contributed by atoms with Crippen LogP contribution >= 0.6 is 15.9 Å². The molecule has 3 nitrogen and oxygen atoms in total. The van der Waals surface area contributed by atoms with Gasteiger partial charge in [0.25, 0.3) is 0 Å². The van der Waals surface area contributed by atoms with E-state index in [0.29, 0.717) is 0 Å². The summed E-state index contributed by atoms with van der Waals surface area (Å²) in [4.78, 5) is 0. The maximum atomic E-state index is 5.52. The molecule has 0 unspecified atom stereocenters. The van der Waals surface area contributed by atoms with Crippen LogP contribution in [-0.4, -0.2) is 16.8 Å². The van der Waals surface area contributed by atoms with Crippen LogP contribution in [0, 0.1) is 5.92 Å². The van der Waals surface area contributed by atoms with Crippen molar-refractivity contribution in [3.8, 4) is 5.88 Å². The summed E-state index contributed by atoms with van der Waals surface area (Å²) in [7, 11) is 0. The van der Waals surface area contributed by atoms with Gasteiger partial charge in [0.05, 0.1) is 17.3 Å². The number of nitrogens with one attached hydrogen (secondary N) is 1. The predicted octanol–water partition coefficient (Wildman–Crippen LogP) is 2.35. The van der Waals surface area contributed by atoms with Crippen LogP contribution in [0.4, 0.5) is 0 Å². The maximum absolute atomic E-state index is 5.52. The topological polar surface area (TPSA) is 37.9 Å². The highest BCUT2D eigenvalue weighted by molar-refractivity contribution is 9.10. The van der Waals surface area contributed by atoms with Crippen LogP contribution in [-0.2, 0) is 0 Å². The van der Waals surface area contributed by atoms with Gasteiger partial charge >= 0.3 is 0 Å². The Kier molecular flexibility index (Phi) is 2.35. The predicted molar refractivity (Wildman–Crippen MR) is 49.1 cm³/mol. The van der Waals surface area contributed by atoms with E-state index < -0.39 is 0 Å². The molecule has 0 bridgehead atoms. The average Bonchev–Trinajstić information content (AvgIpc) is 2.33. The Balaban J connectivity index is 1.82. The van der Waals surface area contributed by atoms with Crippen molar-refractivity contribution in [1.82, 2.24) is 10.2 Å². The number of ether oxygens (including phenoxy) is 1. The van der Waals surface area contributed by atoms with E-state index in [1.165, 1.54) is 19.3 Å². The lowest BCUT2D eigenvalue weighted by molar-refractivity contribution is 0.175. The molecule has 1 aliphatic carbocycles. The molecule has 1 aromatic rings. The molecule has 0 aromatic carbocycles. The van der Waals surface area contributed by atoms with Gasteiger partial charge in [-0.3, -0.25) is 0 Å². The first kappa shape index (κ1) is 8.10. The maximum Gasteiger partial charge on any atom is 0.223 e. The van der Waals surface area contributed by atoms with Gasteiger partial charge in [-0.05, 0) is 34.7 Å². The third kappa shape index (κ3) is 1.63. The number of aromatic amines is 1. The van der Waals surface area contributed by atoms with E-state index in [1.807, 2.05) is 0 Å². The van der Waals surface area contributed by atoms with Crippen molar-refractivity contribution in [3.63, 3.8) is 0 Å². The van der Waals surface area contributed by atoms with Gasteiger partial charge in [-0.2, -0.15) is 5.10 Å². The summed E-state index contributed by atoms with van der Waals surface area (Å²) < 4.78 is 6.42. The minimum atomic E-state index is 0.752. The highest BCUT2D eigenvalue weighted by Gasteiger charge is 2.18. The lowest BCUT2D eigenvalue weighted by Gasteiger charge is -2.24. The molecule has 1 aliphatic rings. The molecule has 0 amide bonds. The Labute approximate surface area is 79.6 Å². The molecule has 0 radical (unpaired) electrons. The Bertz CT molecular complexity index is 257. The van der Waals surface area contributed by atoms with Gasteiger partial charge < -0.3 is 4.74 Å². The number of H-pyrrole nitrogens is 1. The Hall–Kier alpha value is -0.510. The van der Waals surface area contributed by atoms with Gasteiger partial charge in [-0.15, -0.1) is 0 Å². The van der Waals surface area contributed by atoms with E-state index in [9.17, 15) is 0 Å². The second kappa shape index (κ2) is 3.47. The van der Waals surface area contributed by atoms with E-state index in [-0.39, 0.29) is 0 Å². The normalized spacial score (nSPS) is 17.4. The van der Waals surface area contributed by atoms with Gasteiger partial charge in [0, 0.05) is 0 Å². The standard InChI is InChI=1S/C8H11BrN2O/c9-7-4-10-11-8(7)12-5-6-2-1-3-6/h4,6H,1-3,5H2,(H,10,11). The molecule has 1 aromatic heterocycles. The molecule has 1 N–H and O–H groups in total. The molecular formula is C8H11BrN2O. The van der Waals surface area contributed by atoms with Gasteiger partial charge in [0.2, 0.25) is 5.88 Å². The van der Waals surface area contributed by atoms with Crippen molar-refractivity contribution in [2.24, 2.45) is 5.92 Å². The minimum absolute atomic E-state index is 0.752. The molecule has 1 fully saturated rings. The van der Waals surface area contributed by atoms with Crippen molar-refractivity contribution in [2.75, 3.05) is 6.61 Å². The first-order valence-corrected chi connectivity index (χ1v) is 4.97. The zero-order chi connectivity index (χ0) is 8.39. The van der Waals surface area contributed by atoms with E-state index in [0.717, 1.165) is 22.9 Å². The lowest BCUT2D eigenvalue weighted by atomic mass is 9.86. The van der Waals surface area contributed by atoms with Crippen LogP contribution < -0.4 is 4.74 Å². The van der Waals surface area contributed by atoms with Crippen molar-refractivity contribution in [2.45, 2.75) is 19.3 Å². The monoisotopic (exact) mass is 230 g/mol. The fourth-order valence-corrected chi connectivity index (χ4v) is 1.53. The highest BCUT2D eigenvalue weighted by atomic mass is 79.9. The van der Waals surface area contributed by atoms with E-state index in [1.54, 1.807) is 6.20 Å². The summed E-state index contributed by atoms with van der Waals surface area (Å²) in [6, 6.07) is 0. The number of rotatable bonds is 3. The molecule has 0 atom stereocenters. The number of hydrogen-bond acceptors (Lipinski definition) is 2. The van der Waals surface area contributed by atoms with E-state index in [2.05, 4.69) is 26.1 Å². The quantitative estimate of drug-likeness (QED) is 0.866. The molecule has 66 valence electrons. The first-order chi connectivity index (χ1) is 5.86. The Morgan fingerprint density at radius 3 is 3.00 bits per heavy atom. The highest BCUT2D eigenvalue weighted by Crippen LogP contribution is 2.28. The van der Waals surface area contributed by atoms with Crippen LogP contribution in [0.3, 0.4) is 0 Å². The Morgan fingerprint density at radius 2 is 2.50 bits per heavy atom. The van der Waals surface area contributed by atoms with E-state index in [4.69, 9.17) is 4.74 Å². The SMILES string of the molecule is Brc1cn[nH]c1OCC1CCC1. The summed E-state index contributed by atoms with van der Waals surface area (Å²) in [6.45, 7) is 0.820.